The number of hydrogen-bond acceptors (Lipinski definition) is 6. The van der Waals surface area contributed by atoms with E-state index in [2.05, 4.69) is 10.3 Å². The van der Waals surface area contributed by atoms with Gasteiger partial charge in [0.05, 0.1) is 12.1 Å². The van der Waals surface area contributed by atoms with Gasteiger partial charge in [0.2, 0.25) is 0 Å². The Morgan fingerprint density at radius 3 is 2.72 bits per heavy atom. The maximum Gasteiger partial charge on any atom is 0.356 e. The Morgan fingerprint density at radius 2 is 2.28 bits per heavy atom. The Hall–Kier alpha value is -1.47. The second kappa shape index (κ2) is 4.66. The molecule has 1 fully saturated rings. The molecule has 6 nitrogen and oxygen atoms in total. The molecule has 0 spiro atoms. The summed E-state index contributed by atoms with van der Waals surface area (Å²) in [4.78, 5) is 26.5. The fourth-order valence-electron chi connectivity index (χ4n) is 1.78. The van der Waals surface area contributed by atoms with Crippen molar-refractivity contribution in [3.8, 4) is 0 Å². The summed E-state index contributed by atoms with van der Waals surface area (Å²) in [5.74, 6) is -1.47. The third kappa shape index (κ3) is 2.51. The van der Waals surface area contributed by atoms with E-state index in [1.54, 1.807) is 0 Å². The molecule has 0 aromatic carbocycles. The van der Waals surface area contributed by atoms with Crippen LogP contribution in [0, 0.1) is 0 Å². The van der Waals surface area contributed by atoms with Crippen LogP contribution in [0.1, 0.15) is 40.4 Å². The van der Waals surface area contributed by atoms with Gasteiger partial charge in [0.1, 0.15) is 4.88 Å². The molecule has 2 rings (SSSR count). The zero-order chi connectivity index (χ0) is 13.3. The van der Waals surface area contributed by atoms with Crippen molar-refractivity contribution < 1.29 is 19.4 Å². The molecule has 1 aromatic rings. The lowest BCUT2D eigenvalue weighted by molar-refractivity contribution is 0.0687. The summed E-state index contributed by atoms with van der Waals surface area (Å²) >= 11 is 1.07. The van der Waals surface area contributed by atoms with Crippen LogP contribution in [0.3, 0.4) is 0 Å². The van der Waals surface area contributed by atoms with Crippen molar-refractivity contribution in [2.24, 2.45) is 0 Å². The van der Waals surface area contributed by atoms with E-state index >= 15 is 0 Å². The summed E-state index contributed by atoms with van der Waals surface area (Å²) in [5, 5.41) is 12.6. The molecule has 0 saturated carbocycles. The molecule has 0 bridgehead atoms. The molecule has 1 atom stereocenters. The summed E-state index contributed by atoms with van der Waals surface area (Å²) < 4.78 is 5.30. The number of nitrogens with zero attached hydrogens (tertiary/aromatic N) is 1. The minimum atomic E-state index is -1.18. The molecular formula is C11H14N2O4S. The maximum absolute atomic E-state index is 11.4. The number of ether oxygens (including phenoxy) is 1. The van der Waals surface area contributed by atoms with Gasteiger partial charge in [-0.05, 0) is 13.3 Å². The lowest BCUT2D eigenvalue weighted by Crippen LogP contribution is -2.34. The third-order valence-corrected chi connectivity index (χ3v) is 3.85. The van der Waals surface area contributed by atoms with Crippen LogP contribution in [0.15, 0.2) is 0 Å². The Labute approximate surface area is 108 Å². The van der Waals surface area contributed by atoms with Gasteiger partial charge in [-0.2, -0.15) is 0 Å². The average Bonchev–Trinajstić information content (AvgIpc) is 2.85. The normalized spacial score (nSPS) is 23.0. The number of nitrogens with one attached hydrogen (secondary N) is 1. The first kappa shape index (κ1) is 13.0. The van der Waals surface area contributed by atoms with Crippen LogP contribution < -0.4 is 5.32 Å². The van der Waals surface area contributed by atoms with Crippen LogP contribution in [0.5, 0.6) is 0 Å². The first-order valence-corrected chi connectivity index (χ1v) is 6.34. The van der Waals surface area contributed by atoms with Gasteiger partial charge in [-0.15, -0.1) is 0 Å². The number of carbonyl (C=O) groups is 2. The maximum atomic E-state index is 11.4. The SMILES string of the molecule is CC(=O)c1sc(NC2(C)CCOC2)nc1C(=O)O. The van der Waals surface area contributed by atoms with Crippen molar-refractivity contribution in [2.75, 3.05) is 18.5 Å². The van der Waals surface area contributed by atoms with E-state index in [4.69, 9.17) is 9.84 Å². The standard InChI is InChI=1S/C11H14N2O4S/c1-6(14)8-7(9(15)16)12-10(18-8)13-11(2)3-4-17-5-11/h3-5H2,1-2H3,(H,12,13)(H,15,16). The number of carboxylic acids is 1. The lowest BCUT2D eigenvalue weighted by atomic mass is 10.0. The highest BCUT2D eigenvalue weighted by atomic mass is 32.1. The summed E-state index contributed by atoms with van der Waals surface area (Å²) in [6, 6.07) is 0. The van der Waals surface area contributed by atoms with Crippen LogP contribution >= 0.6 is 11.3 Å². The van der Waals surface area contributed by atoms with Gasteiger partial charge < -0.3 is 15.2 Å². The fraction of sp³-hybridized carbons (Fsp3) is 0.545. The minimum absolute atomic E-state index is 0.174. The Bertz CT molecular complexity index is 460. The number of anilines is 1. The molecule has 7 heteroatoms. The van der Waals surface area contributed by atoms with Crippen LogP contribution in [0.4, 0.5) is 5.13 Å². The van der Waals surface area contributed by atoms with E-state index in [1.165, 1.54) is 6.92 Å². The molecule has 1 aliphatic rings. The molecule has 2 heterocycles. The first-order chi connectivity index (χ1) is 8.41. The zero-order valence-electron chi connectivity index (χ0n) is 10.1. The van der Waals surface area contributed by atoms with Gasteiger partial charge in [0.25, 0.3) is 0 Å². The number of hydrogen-bond donors (Lipinski definition) is 2. The average molecular weight is 270 g/mol. The molecule has 0 radical (unpaired) electrons. The highest BCUT2D eigenvalue weighted by Crippen LogP contribution is 2.29. The van der Waals surface area contributed by atoms with Crippen molar-refractivity contribution in [1.29, 1.82) is 0 Å². The largest absolute Gasteiger partial charge is 0.476 e. The van der Waals surface area contributed by atoms with E-state index in [0.717, 1.165) is 17.8 Å². The Morgan fingerprint density at radius 1 is 1.56 bits per heavy atom. The fourth-order valence-corrected chi connectivity index (χ4v) is 2.78. The topological polar surface area (TPSA) is 88.5 Å². The minimum Gasteiger partial charge on any atom is -0.476 e. The quantitative estimate of drug-likeness (QED) is 0.808. The Balaban J connectivity index is 2.26. The number of Topliss-reactive ketones (excluding diaryl/α,β-unsaturated/α-hetero) is 1. The van der Waals surface area contributed by atoms with Crippen molar-refractivity contribution in [1.82, 2.24) is 4.98 Å². The third-order valence-electron chi connectivity index (χ3n) is 2.78. The van der Waals surface area contributed by atoms with Gasteiger partial charge in [0, 0.05) is 13.5 Å². The first-order valence-electron chi connectivity index (χ1n) is 5.52. The number of thiazole rings is 1. The highest BCUT2D eigenvalue weighted by Gasteiger charge is 2.31. The molecule has 1 aliphatic heterocycles. The van der Waals surface area contributed by atoms with E-state index in [0.29, 0.717) is 18.3 Å². The second-order valence-corrected chi connectivity index (χ2v) is 5.55. The summed E-state index contributed by atoms with van der Waals surface area (Å²) in [7, 11) is 0. The highest BCUT2D eigenvalue weighted by molar-refractivity contribution is 7.17. The van der Waals surface area contributed by atoms with Gasteiger partial charge in [-0.25, -0.2) is 9.78 Å². The monoisotopic (exact) mass is 270 g/mol. The van der Waals surface area contributed by atoms with Gasteiger partial charge >= 0.3 is 5.97 Å². The van der Waals surface area contributed by atoms with Gasteiger partial charge in [0.15, 0.2) is 16.6 Å². The van der Waals surface area contributed by atoms with Crippen molar-refractivity contribution >= 4 is 28.2 Å². The predicted molar refractivity (Wildman–Crippen MR) is 66.5 cm³/mol. The number of aromatic carboxylic acids is 1. The smallest absolute Gasteiger partial charge is 0.356 e. The van der Waals surface area contributed by atoms with Gasteiger partial charge in [-0.1, -0.05) is 11.3 Å². The van der Waals surface area contributed by atoms with E-state index in [-0.39, 0.29) is 21.9 Å². The van der Waals surface area contributed by atoms with E-state index in [9.17, 15) is 9.59 Å². The van der Waals surface area contributed by atoms with E-state index < -0.39 is 5.97 Å². The van der Waals surface area contributed by atoms with Crippen LogP contribution in [0.2, 0.25) is 0 Å². The molecule has 1 aromatic heterocycles. The number of carboxylic acid groups (broad SMARTS) is 1. The number of rotatable bonds is 4. The molecule has 2 N–H and O–H groups in total. The molecule has 98 valence electrons. The molecule has 18 heavy (non-hydrogen) atoms. The summed E-state index contributed by atoms with van der Waals surface area (Å²) in [5.41, 5.74) is -0.431. The summed E-state index contributed by atoms with van der Waals surface area (Å²) in [6.45, 7) is 4.53. The predicted octanol–water partition coefficient (Wildman–Crippen LogP) is 1.63. The molecule has 0 aliphatic carbocycles. The van der Waals surface area contributed by atoms with Crippen LogP contribution in [0.25, 0.3) is 0 Å². The molecule has 1 saturated heterocycles. The van der Waals surface area contributed by atoms with Crippen molar-refractivity contribution in [3.05, 3.63) is 10.6 Å². The molecular weight excluding hydrogens is 256 g/mol. The zero-order valence-corrected chi connectivity index (χ0v) is 11.0. The number of ketones is 1. The van der Waals surface area contributed by atoms with Crippen molar-refractivity contribution in [3.63, 3.8) is 0 Å². The van der Waals surface area contributed by atoms with Gasteiger partial charge in [-0.3, -0.25) is 4.79 Å². The van der Waals surface area contributed by atoms with Crippen LogP contribution in [-0.2, 0) is 4.74 Å². The molecule has 1 unspecified atom stereocenters. The van der Waals surface area contributed by atoms with Crippen molar-refractivity contribution in [2.45, 2.75) is 25.8 Å². The number of aromatic nitrogens is 1. The lowest BCUT2D eigenvalue weighted by Gasteiger charge is -2.22. The summed E-state index contributed by atoms with van der Waals surface area (Å²) in [6.07, 6.45) is 0.824. The Kier molecular flexibility index (Phi) is 3.36. The number of carbonyl (C=O) groups excluding carboxylic acids is 1. The second-order valence-electron chi connectivity index (χ2n) is 4.55. The molecule has 0 amide bonds. The van der Waals surface area contributed by atoms with Crippen LogP contribution in [-0.4, -0.2) is 40.6 Å². The van der Waals surface area contributed by atoms with E-state index in [1.807, 2.05) is 6.92 Å².